The van der Waals surface area contributed by atoms with Crippen molar-refractivity contribution in [2.75, 3.05) is 13.1 Å². The topological polar surface area (TPSA) is 46.3 Å². The molecule has 1 saturated carbocycles. The largest absolute Gasteiger partial charge is 0.338 e. The van der Waals surface area contributed by atoms with Crippen LogP contribution in [0.15, 0.2) is 18.2 Å². The molecule has 108 valence electrons. The Morgan fingerprint density at radius 2 is 2.15 bits per heavy atom. The molecule has 3 nitrogen and oxygen atoms in total. The van der Waals surface area contributed by atoms with Gasteiger partial charge < -0.3 is 10.6 Å². The lowest BCUT2D eigenvalue weighted by Crippen LogP contribution is -2.38. The van der Waals surface area contributed by atoms with Gasteiger partial charge >= 0.3 is 0 Å². The van der Waals surface area contributed by atoms with E-state index < -0.39 is 5.82 Å². The summed E-state index contributed by atoms with van der Waals surface area (Å²) in [5.74, 6) is 0.267. The van der Waals surface area contributed by atoms with Crippen LogP contribution in [0.2, 0.25) is 0 Å². The molecule has 1 amide bonds. The number of benzene rings is 1. The van der Waals surface area contributed by atoms with Crippen LogP contribution in [0.5, 0.6) is 0 Å². The zero-order chi connectivity index (χ0) is 14.3. The third-order valence-corrected chi connectivity index (χ3v) is 4.79. The van der Waals surface area contributed by atoms with E-state index in [1.165, 1.54) is 6.07 Å². The number of aryl methyl sites for hydroxylation is 1. The van der Waals surface area contributed by atoms with Crippen LogP contribution in [0.1, 0.15) is 35.2 Å². The van der Waals surface area contributed by atoms with Crippen molar-refractivity contribution in [1.29, 1.82) is 0 Å². The SMILES string of the molecule is Cc1ccc(F)c(C(=O)N2CC3CCCC(N)C3C2)c1. The smallest absolute Gasteiger partial charge is 0.256 e. The van der Waals surface area contributed by atoms with Gasteiger partial charge in [0.25, 0.3) is 5.91 Å². The van der Waals surface area contributed by atoms with Crippen LogP contribution in [0.25, 0.3) is 0 Å². The van der Waals surface area contributed by atoms with Gasteiger partial charge in [-0.05, 0) is 43.7 Å². The van der Waals surface area contributed by atoms with Crippen molar-refractivity contribution in [3.05, 3.63) is 35.1 Å². The second-order valence-corrected chi connectivity index (χ2v) is 6.21. The third kappa shape index (κ3) is 2.33. The lowest BCUT2D eigenvalue weighted by Gasteiger charge is -2.29. The number of fused-ring (bicyclic) bond motifs is 1. The second-order valence-electron chi connectivity index (χ2n) is 6.21. The molecule has 1 saturated heterocycles. The van der Waals surface area contributed by atoms with E-state index in [4.69, 9.17) is 5.73 Å². The molecule has 1 aliphatic carbocycles. The zero-order valence-corrected chi connectivity index (χ0v) is 11.8. The summed E-state index contributed by atoms with van der Waals surface area (Å²) in [6.45, 7) is 3.28. The maximum absolute atomic E-state index is 13.8. The molecule has 1 aromatic carbocycles. The Morgan fingerprint density at radius 1 is 1.35 bits per heavy atom. The highest BCUT2D eigenvalue weighted by Crippen LogP contribution is 2.36. The van der Waals surface area contributed by atoms with Gasteiger partial charge in [-0.25, -0.2) is 4.39 Å². The predicted molar refractivity (Wildman–Crippen MR) is 75.8 cm³/mol. The van der Waals surface area contributed by atoms with E-state index in [1.54, 1.807) is 17.0 Å². The molecule has 0 aromatic heterocycles. The van der Waals surface area contributed by atoms with Crippen LogP contribution in [0.4, 0.5) is 4.39 Å². The Labute approximate surface area is 118 Å². The van der Waals surface area contributed by atoms with Crippen LogP contribution in [-0.2, 0) is 0 Å². The maximum atomic E-state index is 13.8. The Morgan fingerprint density at radius 3 is 2.90 bits per heavy atom. The molecule has 3 unspecified atom stereocenters. The number of carbonyl (C=O) groups excluding carboxylic acids is 1. The Kier molecular flexibility index (Phi) is 3.50. The second kappa shape index (κ2) is 5.17. The lowest BCUT2D eigenvalue weighted by atomic mass is 9.78. The maximum Gasteiger partial charge on any atom is 0.256 e. The van der Waals surface area contributed by atoms with Crippen LogP contribution < -0.4 is 5.73 Å². The fourth-order valence-electron chi connectivity index (χ4n) is 3.66. The van der Waals surface area contributed by atoms with Crippen LogP contribution in [0, 0.1) is 24.6 Å². The van der Waals surface area contributed by atoms with Gasteiger partial charge in [0.05, 0.1) is 5.56 Å². The first-order valence-corrected chi connectivity index (χ1v) is 7.37. The predicted octanol–water partition coefficient (Wildman–Crippen LogP) is 2.33. The van der Waals surface area contributed by atoms with E-state index in [9.17, 15) is 9.18 Å². The summed E-state index contributed by atoms with van der Waals surface area (Å²) >= 11 is 0. The summed E-state index contributed by atoms with van der Waals surface area (Å²) in [5, 5.41) is 0. The minimum atomic E-state index is -0.431. The van der Waals surface area contributed by atoms with Crippen molar-refractivity contribution in [3.63, 3.8) is 0 Å². The van der Waals surface area contributed by atoms with E-state index in [2.05, 4.69) is 0 Å². The van der Waals surface area contributed by atoms with Crippen molar-refractivity contribution in [3.8, 4) is 0 Å². The summed E-state index contributed by atoms with van der Waals surface area (Å²) in [7, 11) is 0. The average molecular weight is 276 g/mol. The molecule has 1 aromatic rings. The van der Waals surface area contributed by atoms with E-state index in [0.717, 1.165) is 31.4 Å². The van der Waals surface area contributed by atoms with E-state index in [-0.39, 0.29) is 17.5 Å². The number of hydrogen-bond donors (Lipinski definition) is 1. The van der Waals surface area contributed by atoms with Gasteiger partial charge in [-0.15, -0.1) is 0 Å². The van der Waals surface area contributed by atoms with Crippen LogP contribution in [0.3, 0.4) is 0 Å². The summed E-state index contributed by atoms with van der Waals surface area (Å²) < 4.78 is 13.8. The van der Waals surface area contributed by atoms with Crippen molar-refractivity contribution in [2.24, 2.45) is 17.6 Å². The number of halogens is 1. The van der Waals surface area contributed by atoms with Gasteiger partial charge in [-0.2, -0.15) is 0 Å². The molecule has 2 N–H and O–H groups in total. The standard InChI is InChI=1S/C16H21FN2O/c1-10-5-6-14(17)12(7-10)16(20)19-8-11-3-2-4-15(18)13(11)9-19/h5-7,11,13,15H,2-4,8-9,18H2,1H3. The first-order chi connectivity index (χ1) is 9.56. The molecular weight excluding hydrogens is 255 g/mol. The van der Waals surface area contributed by atoms with Crippen molar-refractivity contribution >= 4 is 5.91 Å². The van der Waals surface area contributed by atoms with E-state index in [0.29, 0.717) is 18.4 Å². The summed E-state index contributed by atoms with van der Waals surface area (Å²) in [4.78, 5) is 14.3. The number of carbonyl (C=O) groups is 1. The summed E-state index contributed by atoms with van der Waals surface area (Å²) in [6, 6.07) is 4.89. The third-order valence-electron chi connectivity index (χ3n) is 4.79. The van der Waals surface area contributed by atoms with Gasteiger partial charge in [0.15, 0.2) is 0 Å². The zero-order valence-electron chi connectivity index (χ0n) is 11.8. The summed E-state index contributed by atoms with van der Waals surface area (Å²) in [5.41, 5.74) is 7.26. The molecular formula is C16H21FN2O. The molecule has 4 heteroatoms. The van der Waals surface area contributed by atoms with Gasteiger partial charge in [-0.3, -0.25) is 4.79 Å². The highest BCUT2D eigenvalue weighted by atomic mass is 19.1. The normalized spacial score (nSPS) is 29.4. The fraction of sp³-hybridized carbons (Fsp3) is 0.562. The number of nitrogens with two attached hydrogens (primary N) is 1. The van der Waals surface area contributed by atoms with Crippen molar-refractivity contribution < 1.29 is 9.18 Å². The molecule has 20 heavy (non-hydrogen) atoms. The Hall–Kier alpha value is -1.42. The van der Waals surface area contributed by atoms with Gasteiger partial charge in [0.2, 0.25) is 0 Å². The summed E-state index contributed by atoms with van der Waals surface area (Å²) in [6.07, 6.45) is 3.32. The van der Waals surface area contributed by atoms with Gasteiger partial charge in [0.1, 0.15) is 5.82 Å². The number of rotatable bonds is 1. The number of nitrogens with zero attached hydrogens (tertiary/aromatic N) is 1. The minimum absolute atomic E-state index is 0.187. The molecule has 2 fully saturated rings. The molecule has 1 aliphatic heterocycles. The lowest BCUT2D eigenvalue weighted by molar-refractivity contribution is 0.0778. The number of amides is 1. The minimum Gasteiger partial charge on any atom is -0.338 e. The molecule has 1 heterocycles. The molecule has 0 radical (unpaired) electrons. The van der Waals surface area contributed by atoms with Gasteiger partial charge in [-0.1, -0.05) is 18.1 Å². The molecule has 3 rings (SSSR count). The quantitative estimate of drug-likeness (QED) is 0.855. The molecule has 3 atom stereocenters. The monoisotopic (exact) mass is 276 g/mol. The van der Waals surface area contributed by atoms with E-state index >= 15 is 0 Å². The Bertz CT molecular complexity index is 531. The molecule has 2 aliphatic rings. The number of hydrogen-bond acceptors (Lipinski definition) is 2. The fourth-order valence-corrected chi connectivity index (χ4v) is 3.66. The molecule has 0 bridgehead atoms. The average Bonchev–Trinajstić information content (AvgIpc) is 2.86. The van der Waals surface area contributed by atoms with Crippen LogP contribution in [-0.4, -0.2) is 29.9 Å². The molecule has 0 spiro atoms. The highest BCUT2D eigenvalue weighted by molar-refractivity contribution is 5.94. The van der Waals surface area contributed by atoms with Crippen molar-refractivity contribution in [2.45, 2.75) is 32.2 Å². The first-order valence-electron chi connectivity index (χ1n) is 7.37. The first kappa shape index (κ1) is 13.6. The highest BCUT2D eigenvalue weighted by Gasteiger charge is 2.40. The number of likely N-dealkylation sites (tertiary alicyclic amines) is 1. The van der Waals surface area contributed by atoms with Gasteiger partial charge in [0, 0.05) is 19.1 Å². The van der Waals surface area contributed by atoms with Crippen molar-refractivity contribution in [1.82, 2.24) is 4.90 Å². The Balaban J connectivity index is 1.80. The van der Waals surface area contributed by atoms with Crippen LogP contribution >= 0.6 is 0 Å². The van der Waals surface area contributed by atoms with E-state index in [1.807, 2.05) is 6.92 Å².